The van der Waals surface area contributed by atoms with E-state index in [1.54, 1.807) is 0 Å². The predicted octanol–water partition coefficient (Wildman–Crippen LogP) is 3.46. The average molecular weight is 216 g/mol. The van der Waals surface area contributed by atoms with Crippen LogP contribution < -0.4 is 0 Å². The second kappa shape index (κ2) is 4.43. The van der Waals surface area contributed by atoms with Gasteiger partial charge >= 0.3 is 0 Å². The summed E-state index contributed by atoms with van der Waals surface area (Å²) < 4.78 is 0. The van der Waals surface area contributed by atoms with E-state index < -0.39 is 8.07 Å². The molecular formula is C13H16OSi. The van der Waals surface area contributed by atoms with Crippen molar-refractivity contribution in [2.24, 2.45) is 0 Å². The number of carbonyl (C=O) groups excluding carboxylic acids is 1. The molecule has 0 aromatic heterocycles. The molecule has 0 heterocycles. The van der Waals surface area contributed by atoms with Gasteiger partial charge in [0.05, 0.1) is 8.07 Å². The average Bonchev–Trinajstić information content (AvgIpc) is 2.18. The largest absolute Gasteiger partial charge is 0.289 e. The topological polar surface area (TPSA) is 17.1 Å². The molecular weight excluding hydrogens is 200 g/mol. The number of allylic oxidation sites excluding steroid dienone is 1. The van der Waals surface area contributed by atoms with E-state index in [0.717, 1.165) is 10.8 Å². The third-order valence-electron chi connectivity index (χ3n) is 2.19. The SMILES string of the molecule is C=C=C(C(=O)c1ccccc1)[Si](C)(C)C. The maximum Gasteiger partial charge on any atom is 0.192 e. The molecule has 0 bridgehead atoms. The molecule has 0 amide bonds. The van der Waals surface area contributed by atoms with Gasteiger partial charge in [-0.3, -0.25) is 4.79 Å². The van der Waals surface area contributed by atoms with Gasteiger partial charge in [0, 0.05) is 10.8 Å². The van der Waals surface area contributed by atoms with Crippen molar-refractivity contribution in [3.05, 3.63) is 53.4 Å². The molecule has 0 aliphatic rings. The van der Waals surface area contributed by atoms with Crippen LogP contribution in [0.5, 0.6) is 0 Å². The van der Waals surface area contributed by atoms with Gasteiger partial charge < -0.3 is 0 Å². The van der Waals surface area contributed by atoms with Gasteiger partial charge in [-0.1, -0.05) is 56.6 Å². The van der Waals surface area contributed by atoms with Crippen molar-refractivity contribution in [1.82, 2.24) is 0 Å². The lowest BCUT2D eigenvalue weighted by Crippen LogP contribution is -2.29. The monoisotopic (exact) mass is 216 g/mol. The molecule has 2 heteroatoms. The highest BCUT2D eigenvalue weighted by atomic mass is 28.3. The summed E-state index contributed by atoms with van der Waals surface area (Å²) in [5.74, 6) is 0.0739. The fraction of sp³-hybridized carbons (Fsp3) is 0.231. The van der Waals surface area contributed by atoms with E-state index in [-0.39, 0.29) is 5.78 Å². The minimum Gasteiger partial charge on any atom is -0.289 e. The summed E-state index contributed by atoms with van der Waals surface area (Å²) in [6, 6.07) is 9.32. The highest BCUT2D eigenvalue weighted by Gasteiger charge is 2.26. The van der Waals surface area contributed by atoms with Crippen LogP contribution in [-0.4, -0.2) is 13.9 Å². The molecule has 0 atom stereocenters. The fourth-order valence-corrected chi connectivity index (χ4v) is 2.78. The van der Waals surface area contributed by atoms with Gasteiger partial charge in [-0.05, 0) is 0 Å². The van der Waals surface area contributed by atoms with E-state index in [1.807, 2.05) is 30.3 Å². The Balaban J connectivity index is 3.11. The molecule has 0 fully saturated rings. The second-order valence-corrected chi connectivity index (χ2v) is 9.50. The van der Waals surface area contributed by atoms with Crippen LogP contribution in [0.3, 0.4) is 0 Å². The van der Waals surface area contributed by atoms with Crippen molar-refractivity contribution in [2.75, 3.05) is 0 Å². The van der Waals surface area contributed by atoms with Gasteiger partial charge in [0.1, 0.15) is 0 Å². The Labute approximate surface area is 92.1 Å². The maximum absolute atomic E-state index is 12.1. The molecule has 0 N–H and O–H groups in total. The summed E-state index contributed by atoms with van der Waals surface area (Å²) >= 11 is 0. The highest BCUT2D eigenvalue weighted by Crippen LogP contribution is 2.18. The van der Waals surface area contributed by atoms with Crippen LogP contribution in [0.25, 0.3) is 0 Å². The van der Waals surface area contributed by atoms with Gasteiger partial charge in [0.15, 0.2) is 5.78 Å². The number of hydrogen-bond acceptors (Lipinski definition) is 1. The number of Topliss-reactive ketones (excluding diaryl/α,β-unsaturated/α-hetero) is 1. The van der Waals surface area contributed by atoms with E-state index >= 15 is 0 Å². The Morgan fingerprint density at radius 1 is 1.20 bits per heavy atom. The first kappa shape index (κ1) is 11.7. The molecule has 0 saturated carbocycles. The molecule has 0 saturated heterocycles. The van der Waals surface area contributed by atoms with Crippen LogP contribution in [0.2, 0.25) is 19.6 Å². The third-order valence-corrected chi connectivity index (χ3v) is 4.09. The van der Waals surface area contributed by atoms with Crippen LogP contribution in [0, 0.1) is 0 Å². The van der Waals surface area contributed by atoms with Crippen LogP contribution >= 0.6 is 0 Å². The maximum atomic E-state index is 12.1. The molecule has 1 rings (SSSR count). The fourth-order valence-electron chi connectivity index (χ4n) is 1.42. The van der Waals surface area contributed by atoms with Crippen LogP contribution in [-0.2, 0) is 0 Å². The third kappa shape index (κ3) is 2.79. The van der Waals surface area contributed by atoms with Gasteiger partial charge in [-0.25, -0.2) is 0 Å². The lowest BCUT2D eigenvalue weighted by molar-refractivity contribution is 0.104. The smallest absolute Gasteiger partial charge is 0.192 e. The van der Waals surface area contributed by atoms with Crippen LogP contribution in [0.4, 0.5) is 0 Å². The zero-order valence-corrected chi connectivity index (χ0v) is 10.5. The first-order valence-corrected chi connectivity index (χ1v) is 8.47. The summed E-state index contributed by atoms with van der Waals surface area (Å²) in [5, 5.41) is 0.772. The number of hydrogen-bond donors (Lipinski definition) is 0. The zero-order chi connectivity index (χ0) is 11.5. The first-order chi connectivity index (χ1) is 6.96. The number of carbonyl (C=O) groups is 1. The number of ketones is 1. The molecule has 78 valence electrons. The van der Waals surface area contributed by atoms with Crippen molar-refractivity contribution < 1.29 is 4.79 Å². The molecule has 0 aliphatic carbocycles. The van der Waals surface area contributed by atoms with Crippen molar-refractivity contribution >= 4 is 13.9 Å². The lowest BCUT2D eigenvalue weighted by atomic mass is 10.1. The summed E-state index contributed by atoms with van der Waals surface area (Å²) in [6.07, 6.45) is 0. The summed E-state index contributed by atoms with van der Waals surface area (Å²) in [5.41, 5.74) is 3.55. The van der Waals surface area contributed by atoms with Gasteiger partial charge in [-0.15, -0.1) is 5.73 Å². The Bertz CT molecular complexity index is 406. The molecule has 0 aliphatic heterocycles. The van der Waals surface area contributed by atoms with Crippen molar-refractivity contribution in [3.63, 3.8) is 0 Å². The van der Waals surface area contributed by atoms with Gasteiger partial charge in [0.25, 0.3) is 0 Å². The normalized spacial score (nSPS) is 10.6. The van der Waals surface area contributed by atoms with Crippen LogP contribution in [0.1, 0.15) is 10.4 Å². The molecule has 0 spiro atoms. The standard InChI is InChI=1S/C13H16OSi/c1-5-12(15(2,3)4)13(14)11-9-7-6-8-10-11/h6-10H,1H2,2-4H3. The quantitative estimate of drug-likeness (QED) is 0.327. The minimum absolute atomic E-state index is 0.0739. The Morgan fingerprint density at radius 3 is 2.13 bits per heavy atom. The van der Waals surface area contributed by atoms with E-state index in [2.05, 4.69) is 32.0 Å². The summed E-state index contributed by atoms with van der Waals surface area (Å²) in [7, 11) is -1.64. The number of benzene rings is 1. The van der Waals surface area contributed by atoms with Crippen molar-refractivity contribution in [3.8, 4) is 0 Å². The molecule has 1 nitrogen and oxygen atoms in total. The Hall–Kier alpha value is -1.37. The minimum atomic E-state index is -1.64. The van der Waals surface area contributed by atoms with Crippen molar-refractivity contribution in [1.29, 1.82) is 0 Å². The van der Waals surface area contributed by atoms with E-state index in [1.165, 1.54) is 0 Å². The van der Waals surface area contributed by atoms with Gasteiger partial charge in [-0.2, -0.15) is 0 Å². The predicted molar refractivity (Wildman–Crippen MR) is 66.8 cm³/mol. The van der Waals surface area contributed by atoms with E-state index in [0.29, 0.717) is 0 Å². The Kier molecular flexibility index (Phi) is 3.46. The molecule has 1 aromatic rings. The molecule has 0 radical (unpaired) electrons. The van der Waals surface area contributed by atoms with Gasteiger partial charge in [0.2, 0.25) is 0 Å². The number of rotatable bonds is 3. The highest BCUT2D eigenvalue weighted by molar-refractivity contribution is 6.87. The zero-order valence-electron chi connectivity index (χ0n) is 9.50. The first-order valence-electron chi connectivity index (χ1n) is 4.97. The lowest BCUT2D eigenvalue weighted by Gasteiger charge is -2.17. The molecule has 0 unspecified atom stereocenters. The molecule has 15 heavy (non-hydrogen) atoms. The Morgan fingerprint density at radius 2 is 1.73 bits per heavy atom. The van der Waals surface area contributed by atoms with E-state index in [9.17, 15) is 4.79 Å². The summed E-state index contributed by atoms with van der Waals surface area (Å²) in [6.45, 7) is 10.0. The second-order valence-electron chi connectivity index (χ2n) is 4.50. The summed E-state index contributed by atoms with van der Waals surface area (Å²) in [4.78, 5) is 12.1. The van der Waals surface area contributed by atoms with E-state index in [4.69, 9.17) is 0 Å². The van der Waals surface area contributed by atoms with Crippen LogP contribution in [0.15, 0.2) is 47.8 Å². The van der Waals surface area contributed by atoms with Crippen molar-refractivity contribution in [2.45, 2.75) is 19.6 Å². The molecule has 1 aromatic carbocycles.